The van der Waals surface area contributed by atoms with Gasteiger partial charge in [-0.1, -0.05) is 43.5 Å². The number of carboxylic acids is 1. The first-order valence-corrected chi connectivity index (χ1v) is 10.8. The third-order valence-corrected chi connectivity index (χ3v) is 5.86. The van der Waals surface area contributed by atoms with Crippen molar-refractivity contribution in [3.63, 3.8) is 0 Å². The van der Waals surface area contributed by atoms with Crippen LogP contribution in [-0.4, -0.2) is 38.7 Å². The Kier molecular flexibility index (Phi) is 7.81. The second kappa shape index (κ2) is 10.7. The van der Waals surface area contributed by atoms with Gasteiger partial charge in [-0.25, -0.2) is 0 Å². The predicted octanol–water partition coefficient (Wildman–Crippen LogP) is 2.43. The molecule has 1 heterocycles. The summed E-state index contributed by atoms with van der Waals surface area (Å²) in [6.07, 6.45) is 7.26. The molecule has 0 bridgehead atoms. The van der Waals surface area contributed by atoms with E-state index in [1.807, 2.05) is 24.3 Å². The van der Waals surface area contributed by atoms with E-state index < -0.39 is 12.0 Å². The van der Waals surface area contributed by atoms with Crippen molar-refractivity contribution in [2.45, 2.75) is 57.5 Å². The molecule has 2 aromatic rings. The number of hydrogen-bond acceptors (Lipinski definition) is 4. The van der Waals surface area contributed by atoms with E-state index in [0.29, 0.717) is 18.7 Å². The summed E-state index contributed by atoms with van der Waals surface area (Å²) in [5, 5.41) is 18.7. The van der Waals surface area contributed by atoms with Crippen molar-refractivity contribution in [1.29, 1.82) is 0 Å². The van der Waals surface area contributed by atoms with Crippen LogP contribution in [0.3, 0.4) is 0 Å². The first-order valence-electron chi connectivity index (χ1n) is 10.8. The van der Waals surface area contributed by atoms with Crippen LogP contribution >= 0.6 is 0 Å². The normalized spacial score (nSPS) is 15.3. The lowest BCUT2D eigenvalue weighted by molar-refractivity contribution is -0.137. The van der Waals surface area contributed by atoms with Crippen molar-refractivity contribution >= 4 is 17.8 Å². The molecule has 1 aromatic carbocycles. The topological polar surface area (TPSA) is 113 Å². The molecule has 1 fully saturated rings. The lowest BCUT2D eigenvalue weighted by Crippen LogP contribution is -2.51. The summed E-state index contributed by atoms with van der Waals surface area (Å²) in [6, 6.07) is 8.60. The highest BCUT2D eigenvalue weighted by Crippen LogP contribution is 2.27. The molecule has 0 aliphatic heterocycles. The second-order valence-corrected chi connectivity index (χ2v) is 8.12. The van der Waals surface area contributed by atoms with Gasteiger partial charge in [0.05, 0.1) is 0 Å². The Morgan fingerprint density at radius 3 is 2.39 bits per heavy atom. The molecule has 1 atom stereocenters. The molecule has 31 heavy (non-hydrogen) atoms. The molecule has 0 spiro atoms. The minimum Gasteiger partial charge on any atom is -0.481 e. The Morgan fingerprint density at radius 2 is 1.77 bits per heavy atom. The summed E-state index contributed by atoms with van der Waals surface area (Å²) in [5.41, 5.74) is 2.29. The lowest BCUT2D eigenvalue weighted by atomic mass is 9.83. The van der Waals surface area contributed by atoms with Crippen LogP contribution in [0.1, 0.15) is 60.1 Å². The van der Waals surface area contributed by atoms with E-state index in [0.717, 1.165) is 43.2 Å². The fourth-order valence-electron chi connectivity index (χ4n) is 4.05. The molecule has 8 heteroatoms. The highest BCUT2D eigenvalue weighted by molar-refractivity contribution is 5.96. The number of aliphatic carboxylic acids is 1. The molecule has 3 N–H and O–H groups in total. The van der Waals surface area contributed by atoms with Crippen LogP contribution in [0.15, 0.2) is 36.5 Å². The van der Waals surface area contributed by atoms with E-state index in [4.69, 9.17) is 5.11 Å². The first kappa shape index (κ1) is 22.5. The summed E-state index contributed by atoms with van der Waals surface area (Å²) in [6.45, 7) is 0.350. The third-order valence-electron chi connectivity index (χ3n) is 5.86. The molecule has 1 unspecified atom stereocenters. The number of carboxylic acid groups (broad SMARTS) is 1. The fraction of sp³-hybridized carbons (Fsp3) is 0.478. The Morgan fingerprint density at radius 1 is 1.10 bits per heavy atom. The fourth-order valence-corrected chi connectivity index (χ4v) is 4.05. The molecule has 1 aliphatic carbocycles. The highest BCUT2D eigenvalue weighted by Gasteiger charge is 2.31. The molecule has 1 aliphatic rings. The largest absolute Gasteiger partial charge is 0.481 e. The van der Waals surface area contributed by atoms with Gasteiger partial charge in [0.2, 0.25) is 5.91 Å². The summed E-state index contributed by atoms with van der Waals surface area (Å²) in [4.78, 5) is 36.4. The minimum absolute atomic E-state index is 0.0928. The van der Waals surface area contributed by atoms with Gasteiger partial charge >= 0.3 is 5.97 Å². The summed E-state index contributed by atoms with van der Waals surface area (Å²) in [5.74, 6) is -1.19. The van der Waals surface area contributed by atoms with Gasteiger partial charge in [0.1, 0.15) is 11.7 Å². The van der Waals surface area contributed by atoms with Gasteiger partial charge in [-0.15, -0.1) is 0 Å². The van der Waals surface area contributed by atoms with Crippen molar-refractivity contribution in [3.05, 3.63) is 53.3 Å². The molecule has 8 nitrogen and oxygen atoms in total. The molecular weight excluding hydrogens is 396 g/mol. The van der Waals surface area contributed by atoms with Crippen molar-refractivity contribution in [2.75, 3.05) is 0 Å². The van der Waals surface area contributed by atoms with Crippen molar-refractivity contribution in [1.82, 2.24) is 20.4 Å². The van der Waals surface area contributed by atoms with Gasteiger partial charge in [-0.05, 0) is 42.4 Å². The number of aromatic nitrogens is 2. The van der Waals surface area contributed by atoms with Crippen molar-refractivity contribution < 1.29 is 19.5 Å². The van der Waals surface area contributed by atoms with Crippen LogP contribution in [-0.2, 0) is 29.6 Å². The number of hydrogen-bond donors (Lipinski definition) is 3. The number of aryl methyl sites for hydroxylation is 2. The SMILES string of the molecule is Cn1nccc1C(=O)NC(C(=O)NCc1ccc(CCC(=O)O)cc1)C1CCCCC1. The van der Waals surface area contributed by atoms with Crippen molar-refractivity contribution in [2.24, 2.45) is 13.0 Å². The zero-order valence-electron chi connectivity index (χ0n) is 17.8. The Bertz CT molecular complexity index is 901. The summed E-state index contributed by atoms with van der Waals surface area (Å²) in [7, 11) is 1.70. The van der Waals surface area contributed by atoms with E-state index >= 15 is 0 Å². The van der Waals surface area contributed by atoms with Crippen LogP contribution in [0.25, 0.3) is 0 Å². The van der Waals surface area contributed by atoms with E-state index in [1.165, 1.54) is 4.68 Å². The molecule has 0 saturated heterocycles. The van der Waals surface area contributed by atoms with Gasteiger partial charge in [0.25, 0.3) is 5.91 Å². The number of carbonyl (C=O) groups is 3. The molecule has 166 valence electrons. The smallest absolute Gasteiger partial charge is 0.303 e. The maximum absolute atomic E-state index is 13.0. The zero-order valence-corrected chi connectivity index (χ0v) is 17.8. The molecular formula is C23H30N4O4. The van der Waals surface area contributed by atoms with Crippen molar-refractivity contribution in [3.8, 4) is 0 Å². The average Bonchev–Trinajstić information content (AvgIpc) is 3.21. The summed E-state index contributed by atoms with van der Waals surface area (Å²) >= 11 is 0. The van der Waals surface area contributed by atoms with Crippen LogP contribution in [0, 0.1) is 5.92 Å². The average molecular weight is 427 g/mol. The second-order valence-electron chi connectivity index (χ2n) is 8.12. The molecule has 2 amide bonds. The van der Waals surface area contributed by atoms with Crippen LogP contribution in [0.2, 0.25) is 0 Å². The first-order chi connectivity index (χ1) is 14.9. The molecule has 3 rings (SSSR count). The predicted molar refractivity (Wildman–Crippen MR) is 115 cm³/mol. The zero-order chi connectivity index (χ0) is 22.2. The van der Waals surface area contributed by atoms with Crippen LogP contribution in [0.4, 0.5) is 0 Å². The van der Waals surface area contributed by atoms with Crippen LogP contribution in [0.5, 0.6) is 0 Å². The quantitative estimate of drug-likeness (QED) is 0.570. The van der Waals surface area contributed by atoms with E-state index in [1.54, 1.807) is 19.3 Å². The molecule has 1 aromatic heterocycles. The number of nitrogens with zero attached hydrogens (tertiary/aromatic N) is 2. The van der Waals surface area contributed by atoms with Gasteiger partial charge in [0.15, 0.2) is 0 Å². The lowest BCUT2D eigenvalue weighted by Gasteiger charge is -2.30. The van der Waals surface area contributed by atoms with E-state index in [2.05, 4.69) is 15.7 Å². The number of benzene rings is 1. The Balaban J connectivity index is 1.62. The van der Waals surface area contributed by atoms with Gasteiger partial charge in [-0.2, -0.15) is 5.10 Å². The highest BCUT2D eigenvalue weighted by atomic mass is 16.4. The monoisotopic (exact) mass is 426 g/mol. The Hall–Kier alpha value is -3.16. The molecule has 0 radical (unpaired) electrons. The van der Waals surface area contributed by atoms with Crippen LogP contribution < -0.4 is 10.6 Å². The number of carbonyl (C=O) groups excluding carboxylic acids is 2. The molecule has 1 saturated carbocycles. The van der Waals surface area contributed by atoms with E-state index in [-0.39, 0.29) is 24.2 Å². The van der Waals surface area contributed by atoms with Gasteiger partial charge in [0, 0.05) is 26.2 Å². The number of amides is 2. The van der Waals surface area contributed by atoms with E-state index in [9.17, 15) is 14.4 Å². The summed E-state index contributed by atoms with van der Waals surface area (Å²) < 4.78 is 1.50. The van der Waals surface area contributed by atoms with Gasteiger partial charge in [-0.3, -0.25) is 19.1 Å². The Labute approximate surface area is 182 Å². The maximum Gasteiger partial charge on any atom is 0.303 e. The standard InChI is InChI=1S/C23H30N4O4/c1-27-19(13-14-25-27)22(30)26-21(18-5-3-2-4-6-18)23(31)24-15-17-9-7-16(8-10-17)11-12-20(28)29/h7-10,13-14,18,21H,2-6,11-12,15H2,1H3,(H,24,31)(H,26,30)(H,28,29). The maximum atomic E-state index is 13.0. The minimum atomic E-state index is -0.821. The number of rotatable bonds is 9. The van der Waals surface area contributed by atoms with Gasteiger partial charge < -0.3 is 15.7 Å². The third kappa shape index (κ3) is 6.41. The number of nitrogens with one attached hydrogen (secondary N) is 2.